The summed E-state index contributed by atoms with van der Waals surface area (Å²) in [5.41, 5.74) is 0.577. The number of nitrogens with one attached hydrogen (secondary N) is 1. The number of rotatable bonds is 3. The van der Waals surface area contributed by atoms with Gasteiger partial charge in [0.1, 0.15) is 5.92 Å². The fourth-order valence-electron chi connectivity index (χ4n) is 2.53. The highest BCUT2D eigenvalue weighted by Gasteiger charge is 2.45. The van der Waals surface area contributed by atoms with Gasteiger partial charge in [0.25, 0.3) is 0 Å². The molecule has 1 N–H and O–H groups in total. The second kappa shape index (κ2) is 5.31. The van der Waals surface area contributed by atoms with Crippen molar-refractivity contribution in [1.82, 2.24) is 0 Å². The summed E-state index contributed by atoms with van der Waals surface area (Å²) in [6, 6.07) is 7.90. The number of fused-ring (bicyclic) bond motifs is 1. The number of Topliss-reactive ketones (excluding diaryl/α,β-unsaturated/α-hetero) is 3. The Morgan fingerprint density at radius 1 is 1.09 bits per heavy atom. The molecule has 0 bridgehead atoms. The van der Waals surface area contributed by atoms with Gasteiger partial charge >= 0.3 is 0 Å². The van der Waals surface area contributed by atoms with E-state index in [1.807, 2.05) is 0 Å². The molecule has 1 aromatic carbocycles. The number of hydrogen-bond donors (Lipinski definition) is 1. The normalized spacial score (nSPS) is 16.5. The standard InChI is InChI=1S/C16H11NO4S/c1-8(18)17-10-5-2-4-9-12(10)16(21)13(14(9)19)15(20)11-6-3-7-22-11/h2-7,13H,1H3,(H,17,18). The van der Waals surface area contributed by atoms with E-state index in [4.69, 9.17) is 0 Å². The van der Waals surface area contributed by atoms with E-state index in [2.05, 4.69) is 5.32 Å². The number of amides is 1. The smallest absolute Gasteiger partial charge is 0.221 e. The lowest BCUT2D eigenvalue weighted by Crippen LogP contribution is -2.25. The summed E-state index contributed by atoms with van der Waals surface area (Å²) in [7, 11) is 0. The molecule has 1 atom stereocenters. The van der Waals surface area contributed by atoms with Crippen LogP contribution in [0.3, 0.4) is 0 Å². The molecule has 6 heteroatoms. The van der Waals surface area contributed by atoms with E-state index in [9.17, 15) is 19.2 Å². The van der Waals surface area contributed by atoms with E-state index in [-0.39, 0.29) is 22.7 Å². The molecule has 0 fully saturated rings. The molecular formula is C16H11NO4S. The molecule has 0 saturated carbocycles. The Kier molecular flexibility index (Phi) is 3.46. The molecule has 1 aromatic heterocycles. The number of carbonyl (C=O) groups excluding carboxylic acids is 4. The summed E-state index contributed by atoms with van der Waals surface area (Å²) in [6.45, 7) is 1.31. The average Bonchev–Trinajstić information content (AvgIpc) is 3.07. The first-order valence-electron chi connectivity index (χ1n) is 6.57. The molecule has 1 amide bonds. The van der Waals surface area contributed by atoms with Crippen molar-refractivity contribution in [3.63, 3.8) is 0 Å². The summed E-state index contributed by atoms with van der Waals surface area (Å²) in [5.74, 6) is -3.24. The molecule has 0 spiro atoms. The van der Waals surface area contributed by atoms with Crippen LogP contribution in [0.15, 0.2) is 35.7 Å². The predicted molar refractivity (Wildman–Crippen MR) is 81.5 cm³/mol. The van der Waals surface area contributed by atoms with Gasteiger partial charge in [-0.3, -0.25) is 19.2 Å². The van der Waals surface area contributed by atoms with Crippen molar-refractivity contribution in [2.24, 2.45) is 5.92 Å². The Bertz CT molecular complexity index is 808. The van der Waals surface area contributed by atoms with Gasteiger partial charge in [0.15, 0.2) is 17.3 Å². The van der Waals surface area contributed by atoms with Crippen LogP contribution in [0.25, 0.3) is 0 Å². The summed E-state index contributed by atoms with van der Waals surface area (Å²) in [5, 5.41) is 4.24. The lowest BCUT2D eigenvalue weighted by Gasteiger charge is -2.07. The number of thiophene rings is 1. The minimum atomic E-state index is -1.34. The van der Waals surface area contributed by atoms with Crippen LogP contribution in [-0.4, -0.2) is 23.3 Å². The van der Waals surface area contributed by atoms with Gasteiger partial charge in [0.05, 0.1) is 16.1 Å². The third-order valence-corrected chi connectivity index (χ3v) is 4.32. The first-order valence-corrected chi connectivity index (χ1v) is 7.45. The minimum Gasteiger partial charge on any atom is -0.326 e. The summed E-state index contributed by atoms with van der Waals surface area (Å²) in [4.78, 5) is 49.0. The number of anilines is 1. The molecule has 1 heterocycles. The zero-order valence-corrected chi connectivity index (χ0v) is 12.4. The number of hydrogen-bond acceptors (Lipinski definition) is 5. The van der Waals surface area contributed by atoms with E-state index in [0.29, 0.717) is 4.88 Å². The van der Waals surface area contributed by atoms with E-state index in [1.165, 1.54) is 24.3 Å². The number of benzene rings is 1. The molecule has 110 valence electrons. The fourth-order valence-corrected chi connectivity index (χ4v) is 3.23. The first-order chi connectivity index (χ1) is 10.5. The molecule has 5 nitrogen and oxygen atoms in total. The molecule has 1 aliphatic rings. The highest BCUT2D eigenvalue weighted by Crippen LogP contribution is 2.34. The second-order valence-corrected chi connectivity index (χ2v) is 5.86. The Balaban J connectivity index is 2.05. The molecule has 0 radical (unpaired) electrons. The van der Waals surface area contributed by atoms with Gasteiger partial charge in [0, 0.05) is 12.5 Å². The summed E-state index contributed by atoms with van der Waals surface area (Å²) in [6.07, 6.45) is 0. The van der Waals surface area contributed by atoms with Gasteiger partial charge in [-0.25, -0.2) is 0 Å². The third-order valence-electron chi connectivity index (χ3n) is 3.44. The van der Waals surface area contributed by atoms with Gasteiger partial charge in [-0.05, 0) is 17.5 Å². The fraction of sp³-hybridized carbons (Fsp3) is 0.125. The van der Waals surface area contributed by atoms with Gasteiger partial charge in [0.2, 0.25) is 5.91 Å². The van der Waals surface area contributed by atoms with Crippen LogP contribution in [0, 0.1) is 5.92 Å². The van der Waals surface area contributed by atoms with E-state index in [1.54, 1.807) is 29.6 Å². The maximum absolute atomic E-state index is 12.6. The summed E-state index contributed by atoms with van der Waals surface area (Å²) >= 11 is 1.19. The SMILES string of the molecule is CC(=O)Nc1cccc2c1C(=O)C(C(=O)c1cccs1)C2=O. The zero-order chi connectivity index (χ0) is 15.9. The maximum Gasteiger partial charge on any atom is 0.221 e. The van der Waals surface area contributed by atoms with Crippen molar-refractivity contribution >= 4 is 40.3 Å². The molecule has 3 rings (SSSR count). The van der Waals surface area contributed by atoms with Crippen LogP contribution in [0.1, 0.15) is 37.3 Å². The maximum atomic E-state index is 12.6. The monoisotopic (exact) mass is 313 g/mol. The quantitative estimate of drug-likeness (QED) is 0.697. The van der Waals surface area contributed by atoms with Crippen LogP contribution in [-0.2, 0) is 4.79 Å². The largest absolute Gasteiger partial charge is 0.326 e. The van der Waals surface area contributed by atoms with E-state index in [0.717, 1.165) is 0 Å². The topological polar surface area (TPSA) is 80.3 Å². The molecule has 0 saturated heterocycles. The highest BCUT2D eigenvalue weighted by atomic mass is 32.1. The molecule has 1 unspecified atom stereocenters. The van der Waals surface area contributed by atoms with Crippen LogP contribution < -0.4 is 5.32 Å². The minimum absolute atomic E-state index is 0.123. The van der Waals surface area contributed by atoms with Gasteiger partial charge < -0.3 is 5.32 Å². The van der Waals surface area contributed by atoms with Crippen molar-refractivity contribution in [2.75, 3.05) is 5.32 Å². The van der Waals surface area contributed by atoms with Gasteiger partial charge in [-0.1, -0.05) is 18.2 Å². The molecule has 0 aliphatic heterocycles. The van der Waals surface area contributed by atoms with Gasteiger partial charge in [-0.15, -0.1) is 11.3 Å². The predicted octanol–water partition coefficient (Wildman–Crippen LogP) is 2.58. The van der Waals surface area contributed by atoms with Crippen molar-refractivity contribution < 1.29 is 19.2 Å². The zero-order valence-electron chi connectivity index (χ0n) is 11.6. The number of carbonyl (C=O) groups is 4. The van der Waals surface area contributed by atoms with Crippen molar-refractivity contribution in [1.29, 1.82) is 0 Å². The Morgan fingerprint density at radius 3 is 2.50 bits per heavy atom. The van der Waals surface area contributed by atoms with Crippen molar-refractivity contribution in [3.8, 4) is 0 Å². The third kappa shape index (κ3) is 2.17. The Morgan fingerprint density at radius 2 is 1.86 bits per heavy atom. The Labute approximate surface area is 130 Å². The van der Waals surface area contributed by atoms with E-state index >= 15 is 0 Å². The van der Waals surface area contributed by atoms with Gasteiger partial charge in [-0.2, -0.15) is 0 Å². The van der Waals surface area contributed by atoms with E-state index < -0.39 is 23.3 Å². The lowest BCUT2D eigenvalue weighted by molar-refractivity contribution is -0.114. The van der Waals surface area contributed by atoms with Crippen LogP contribution in [0.4, 0.5) is 5.69 Å². The second-order valence-electron chi connectivity index (χ2n) is 4.91. The van der Waals surface area contributed by atoms with Crippen LogP contribution >= 0.6 is 11.3 Å². The molecular weight excluding hydrogens is 302 g/mol. The van der Waals surface area contributed by atoms with Crippen molar-refractivity contribution in [2.45, 2.75) is 6.92 Å². The molecule has 22 heavy (non-hydrogen) atoms. The number of ketones is 3. The highest BCUT2D eigenvalue weighted by molar-refractivity contribution is 7.12. The first kappa shape index (κ1) is 14.3. The van der Waals surface area contributed by atoms with Crippen LogP contribution in [0.5, 0.6) is 0 Å². The molecule has 2 aromatic rings. The molecule has 1 aliphatic carbocycles. The summed E-state index contributed by atoms with van der Waals surface area (Å²) < 4.78 is 0. The van der Waals surface area contributed by atoms with Crippen molar-refractivity contribution in [3.05, 3.63) is 51.7 Å². The average molecular weight is 313 g/mol. The van der Waals surface area contributed by atoms with Crippen LogP contribution in [0.2, 0.25) is 0 Å². The Hall–Kier alpha value is -2.60. The lowest BCUT2D eigenvalue weighted by atomic mass is 9.97.